The van der Waals surface area contributed by atoms with Crippen molar-refractivity contribution in [3.63, 3.8) is 0 Å². The first kappa shape index (κ1) is 23.4. The highest BCUT2D eigenvalue weighted by Crippen LogP contribution is 2.46. The van der Waals surface area contributed by atoms with Gasteiger partial charge in [0.2, 0.25) is 0 Å². The summed E-state index contributed by atoms with van der Waals surface area (Å²) in [6.07, 6.45) is 1.86. The minimum absolute atomic E-state index is 0.243. The first-order valence-electron chi connectivity index (χ1n) is 11.9. The molecule has 0 spiro atoms. The third-order valence-corrected chi connectivity index (χ3v) is 6.50. The fourth-order valence-electron chi connectivity index (χ4n) is 4.87. The van der Waals surface area contributed by atoms with Crippen molar-refractivity contribution in [2.75, 3.05) is 13.2 Å². The molecule has 1 atom stereocenters. The second-order valence-electron chi connectivity index (χ2n) is 9.08. The van der Waals surface area contributed by atoms with Crippen LogP contribution in [0.1, 0.15) is 42.9 Å². The summed E-state index contributed by atoms with van der Waals surface area (Å²) >= 11 is 0. The summed E-state index contributed by atoms with van der Waals surface area (Å²) < 4.78 is 12.4. The normalized spacial score (nSPS) is 18.9. The highest BCUT2D eigenvalue weighted by atomic mass is 16.5. The maximum absolute atomic E-state index is 11.2. The molecule has 0 aliphatic heterocycles. The van der Waals surface area contributed by atoms with Crippen LogP contribution in [-0.4, -0.2) is 24.4 Å². The average molecular weight is 443 g/mol. The number of aliphatic hydroxyl groups is 1. The van der Waals surface area contributed by atoms with Gasteiger partial charge in [0.15, 0.2) is 0 Å². The predicted octanol–water partition coefficient (Wildman–Crippen LogP) is 6.42. The molecule has 1 aliphatic rings. The summed E-state index contributed by atoms with van der Waals surface area (Å²) in [7, 11) is 0. The summed E-state index contributed by atoms with van der Waals surface area (Å²) in [4.78, 5) is 0. The van der Waals surface area contributed by atoms with Crippen LogP contribution in [0, 0.1) is 5.41 Å². The quantitative estimate of drug-likeness (QED) is 0.393. The molecular formula is C30H34O3. The van der Waals surface area contributed by atoms with Gasteiger partial charge in [0.05, 0.1) is 32.5 Å². The van der Waals surface area contributed by atoms with E-state index in [0.717, 1.165) is 29.5 Å². The van der Waals surface area contributed by atoms with E-state index in [1.807, 2.05) is 42.5 Å². The van der Waals surface area contributed by atoms with Crippen molar-refractivity contribution in [1.29, 1.82) is 0 Å². The molecule has 3 aromatic rings. The molecule has 3 nitrogen and oxygen atoms in total. The van der Waals surface area contributed by atoms with Gasteiger partial charge in [0.1, 0.15) is 0 Å². The number of aliphatic hydroxyl groups excluding tert-OH is 1. The summed E-state index contributed by atoms with van der Waals surface area (Å²) in [5.41, 5.74) is 5.65. The Hall–Kier alpha value is -2.72. The first-order chi connectivity index (χ1) is 16.2. The lowest BCUT2D eigenvalue weighted by Crippen LogP contribution is -2.30. The minimum Gasteiger partial charge on any atom is -0.389 e. The maximum atomic E-state index is 11.2. The molecule has 1 fully saturated rings. The molecule has 0 bridgehead atoms. The van der Waals surface area contributed by atoms with Crippen molar-refractivity contribution in [2.45, 2.75) is 45.5 Å². The molecule has 4 rings (SSSR count). The van der Waals surface area contributed by atoms with E-state index in [-0.39, 0.29) is 5.41 Å². The van der Waals surface area contributed by atoms with Gasteiger partial charge in [-0.1, -0.05) is 97.9 Å². The van der Waals surface area contributed by atoms with Gasteiger partial charge < -0.3 is 14.6 Å². The van der Waals surface area contributed by atoms with E-state index in [1.54, 1.807) is 0 Å². The topological polar surface area (TPSA) is 38.7 Å². The van der Waals surface area contributed by atoms with Gasteiger partial charge in [-0.25, -0.2) is 0 Å². The van der Waals surface area contributed by atoms with E-state index in [4.69, 9.17) is 9.47 Å². The highest BCUT2D eigenvalue weighted by Gasteiger charge is 2.43. The average Bonchev–Trinajstić information content (AvgIpc) is 3.17. The van der Waals surface area contributed by atoms with Crippen molar-refractivity contribution >= 4 is 5.57 Å². The monoisotopic (exact) mass is 442 g/mol. The summed E-state index contributed by atoms with van der Waals surface area (Å²) in [6, 6.07) is 30.9. The standard InChI is InChI=1S/C30H34O3/c1-2-27(26-16-10-5-11-17-26)28-18-30(19-29(28)31,22-32-20-24-12-6-3-7-13-24)23-33-21-25-14-8-4-9-15-25/h3-17,29,31H,2,18-23H2,1H3/b28-27-/t29-/m0/s1. The van der Waals surface area contributed by atoms with E-state index in [2.05, 4.69) is 55.5 Å². The fraction of sp³-hybridized carbons (Fsp3) is 0.333. The van der Waals surface area contributed by atoms with Gasteiger partial charge in [-0.2, -0.15) is 0 Å². The number of benzene rings is 3. The largest absolute Gasteiger partial charge is 0.389 e. The van der Waals surface area contributed by atoms with Crippen molar-refractivity contribution in [3.8, 4) is 0 Å². The molecule has 3 heteroatoms. The van der Waals surface area contributed by atoms with Crippen LogP contribution in [0.25, 0.3) is 5.57 Å². The predicted molar refractivity (Wildman–Crippen MR) is 134 cm³/mol. The molecule has 0 heterocycles. The van der Waals surface area contributed by atoms with Crippen LogP contribution in [-0.2, 0) is 22.7 Å². The van der Waals surface area contributed by atoms with E-state index >= 15 is 0 Å². The lowest BCUT2D eigenvalue weighted by Gasteiger charge is -2.28. The lowest BCUT2D eigenvalue weighted by molar-refractivity contribution is -0.0349. The molecule has 0 radical (unpaired) electrons. The summed E-state index contributed by atoms with van der Waals surface area (Å²) in [6.45, 7) is 4.41. The van der Waals surface area contributed by atoms with E-state index in [1.165, 1.54) is 11.1 Å². The number of ether oxygens (including phenoxy) is 2. The Labute approximate surface area is 197 Å². The minimum atomic E-state index is -0.471. The number of rotatable bonds is 10. The Morgan fingerprint density at radius 2 is 1.27 bits per heavy atom. The molecule has 0 amide bonds. The van der Waals surface area contributed by atoms with Gasteiger partial charge in [-0.15, -0.1) is 0 Å². The molecule has 172 valence electrons. The molecule has 0 aromatic heterocycles. The Bertz CT molecular complexity index is 967. The van der Waals surface area contributed by atoms with Crippen LogP contribution >= 0.6 is 0 Å². The lowest BCUT2D eigenvalue weighted by atomic mass is 9.86. The van der Waals surface area contributed by atoms with Crippen LogP contribution < -0.4 is 0 Å². The smallest absolute Gasteiger partial charge is 0.0763 e. The van der Waals surface area contributed by atoms with Crippen molar-refractivity contribution < 1.29 is 14.6 Å². The number of hydrogen-bond acceptors (Lipinski definition) is 3. The zero-order valence-electron chi connectivity index (χ0n) is 19.5. The molecule has 0 unspecified atom stereocenters. The van der Waals surface area contributed by atoms with E-state index < -0.39 is 6.10 Å². The van der Waals surface area contributed by atoms with Crippen molar-refractivity contribution in [1.82, 2.24) is 0 Å². The zero-order chi connectivity index (χ0) is 22.9. The van der Waals surface area contributed by atoms with Crippen LogP contribution in [0.3, 0.4) is 0 Å². The van der Waals surface area contributed by atoms with Crippen LogP contribution in [0.4, 0.5) is 0 Å². The number of allylic oxidation sites excluding steroid dienone is 1. The molecule has 1 N–H and O–H groups in total. The Kier molecular flexibility index (Phi) is 8.11. The highest BCUT2D eigenvalue weighted by molar-refractivity contribution is 5.70. The fourth-order valence-corrected chi connectivity index (χ4v) is 4.87. The third-order valence-electron chi connectivity index (χ3n) is 6.50. The Morgan fingerprint density at radius 3 is 1.76 bits per heavy atom. The molecule has 1 saturated carbocycles. The second kappa shape index (κ2) is 11.4. The molecule has 1 aliphatic carbocycles. The van der Waals surface area contributed by atoms with E-state index in [9.17, 15) is 5.11 Å². The first-order valence-corrected chi connectivity index (χ1v) is 11.9. The zero-order valence-corrected chi connectivity index (χ0v) is 19.5. The molecular weight excluding hydrogens is 408 g/mol. The third kappa shape index (κ3) is 6.20. The Balaban J connectivity index is 1.52. The van der Waals surface area contributed by atoms with Crippen molar-refractivity contribution in [2.24, 2.45) is 5.41 Å². The summed E-state index contributed by atoms with van der Waals surface area (Å²) in [5, 5.41) is 11.2. The van der Waals surface area contributed by atoms with Crippen LogP contribution in [0.15, 0.2) is 96.6 Å². The van der Waals surface area contributed by atoms with Gasteiger partial charge in [0.25, 0.3) is 0 Å². The Morgan fingerprint density at radius 1 is 0.788 bits per heavy atom. The number of hydrogen-bond donors (Lipinski definition) is 1. The molecule has 0 saturated heterocycles. The van der Waals surface area contributed by atoms with E-state index in [0.29, 0.717) is 32.8 Å². The van der Waals surface area contributed by atoms with Gasteiger partial charge in [0, 0.05) is 5.41 Å². The molecule has 33 heavy (non-hydrogen) atoms. The van der Waals surface area contributed by atoms with Gasteiger partial charge in [-0.05, 0) is 47.1 Å². The summed E-state index contributed by atoms with van der Waals surface area (Å²) in [5.74, 6) is 0. The van der Waals surface area contributed by atoms with Crippen LogP contribution in [0.5, 0.6) is 0 Å². The van der Waals surface area contributed by atoms with Gasteiger partial charge >= 0.3 is 0 Å². The maximum Gasteiger partial charge on any atom is 0.0763 e. The second-order valence-corrected chi connectivity index (χ2v) is 9.08. The van der Waals surface area contributed by atoms with Gasteiger partial charge in [-0.3, -0.25) is 0 Å². The SMILES string of the molecule is CC/C(=C1\CC(COCc2ccccc2)(COCc2ccccc2)C[C@@H]1O)c1ccccc1. The van der Waals surface area contributed by atoms with Crippen molar-refractivity contribution in [3.05, 3.63) is 113 Å². The molecule has 3 aromatic carbocycles. The van der Waals surface area contributed by atoms with Crippen LogP contribution in [0.2, 0.25) is 0 Å².